The summed E-state index contributed by atoms with van der Waals surface area (Å²) in [5, 5.41) is 85.6. The number of aliphatic hydroxyl groups is 7. The molecular formula is C75H100IN5O24S3. The van der Waals surface area contributed by atoms with Crippen LogP contribution in [0.2, 0.25) is 0 Å². The number of halogens is 1. The molecule has 4 fully saturated rings. The molecule has 3 heterocycles. The van der Waals surface area contributed by atoms with Gasteiger partial charge in [0.25, 0.3) is 0 Å². The average molecular weight is 1680 g/mol. The molecule has 8 rings (SSSR count). The lowest BCUT2D eigenvalue weighted by molar-refractivity contribution is -0.337. The molecule has 0 radical (unpaired) electrons. The first kappa shape index (κ1) is 88.0. The lowest BCUT2D eigenvalue weighted by Crippen LogP contribution is -2.65. The predicted molar refractivity (Wildman–Crippen MR) is 409 cm³/mol. The first-order valence-electron chi connectivity index (χ1n) is 35.6. The van der Waals surface area contributed by atoms with E-state index in [4.69, 9.17) is 52.2 Å². The molecule has 10 N–H and O–H groups in total. The van der Waals surface area contributed by atoms with Crippen LogP contribution in [0, 0.1) is 40.1 Å². The number of hydroxylamine groups is 1. The molecule has 3 amide bonds. The zero-order chi connectivity index (χ0) is 79.1. The maximum absolute atomic E-state index is 14.6. The maximum Gasteiger partial charge on any atom is 0.250 e. The molecule has 6 aliphatic rings. The Morgan fingerprint density at radius 3 is 2.25 bits per heavy atom. The second kappa shape index (κ2) is 40.2. The quantitative estimate of drug-likeness (QED) is 0.0120. The van der Waals surface area contributed by atoms with Gasteiger partial charge in [-0.25, -0.2) is 5.43 Å². The van der Waals surface area contributed by atoms with Crippen LogP contribution in [0.25, 0.3) is 0 Å². The first-order valence-corrected chi connectivity index (χ1v) is 39.8. The van der Waals surface area contributed by atoms with Crippen molar-refractivity contribution in [1.82, 2.24) is 21.1 Å². The summed E-state index contributed by atoms with van der Waals surface area (Å²) >= 11 is 2.80. The molecule has 29 nitrogen and oxygen atoms in total. The zero-order valence-electron chi connectivity index (χ0n) is 62.7. The van der Waals surface area contributed by atoms with E-state index in [2.05, 4.69) is 45.0 Å². The number of likely N-dealkylation sites (N-methyl/N-ethyl adjacent to an activating group) is 1. The van der Waals surface area contributed by atoms with Gasteiger partial charge in [-0.3, -0.25) is 28.8 Å². The minimum absolute atomic E-state index is 0.00562. The van der Waals surface area contributed by atoms with Crippen molar-refractivity contribution in [2.24, 2.45) is 11.0 Å². The molecule has 19 atom stereocenters. The predicted octanol–water partition coefficient (Wildman–Crippen LogP) is 4.53. The van der Waals surface area contributed by atoms with Gasteiger partial charge in [0.1, 0.15) is 66.3 Å². The zero-order valence-corrected chi connectivity index (χ0v) is 67.3. The number of Topliss-reactive ketones (excluding diaryl/α,β-unsaturated/α-hetero) is 2. The molecular weight excluding hydrogens is 1580 g/mol. The minimum atomic E-state index is -2.25. The number of benzene rings is 2. The van der Waals surface area contributed by atoms with E-state index >= 15 is 0 Å². The van der Waals surface area contributed by atoms with Crippen LogP contribution in [-0.4, -0.2) is 248 Å². The topological polar surface area (TPSA) is 397 Å². The molecule has 6 unspecified atom stereocenters. The normalized spacial score (nSPS) is 30.5. The largest absolute Gasteiger partial charge is 0.495 e. The van der Waals surface area contributed by atoms with E-state index in [9.17, 15) is 64.5 Å². The van der Waals surface area contributed by atoms with Crippen LogP contribution in [0.15, 0.2) is 64.4 Å². The smallest absolute Gasteiger partial charge is 0.250 e. The lowest BCUT2D eigenvalue weighted by atomic mass is 9.75. The number of hydrogen-bond acceptors (Lipinski definition) is 29. The van der Waals surface area contributed by atoms with Crippen molar-refractivity contribution >= 4 is 96.1 Å². The van der Waals surface area contributed by atoms with Gasteiger partial charge in [-0.15, -0.1) is 0 Å². The summed E-state index contributed by atoms with van der Waals surface area (Å²) in [4.78, 5) is 87.7. The highest BCUT2D eigenvalue weighted by Gasteiger charge is 2.52. The molecule has 1 saturated carbocycles. The van der Waals surface area contributed by atoms with Gasteiger partial charge < -0.3 is 98.1 Å². The van der Waals surface area contributed by atoms with E-state index in [1.54, 1.807) is 57.7 Å². The van der Waals surface area contributed by atoms with E-state index in [1.165, 1.54) is 68.9 Å². The lowest BCUT2D eigenvalue weighted by Gasteiger charge is -2.47. The molecule has 108 heavy (non-hydrogen) atoms. The van der Waals surface area contributed by atoms with Gasteiger partial charge in [0.2, 0.25) is 22.8 Å². The number of carbonyl (C=O) groups excluding carboxylic acids is 6. The summed E-state index contributed by atoms with van der Waals surface area (Å²) in [7, 11) is 6.85. The van der Waals surface area contributed by atoms with Gasteiger partial charge in [-0.05, 0) is 144 Å². The Kier molecular flexibility index (Phi) is 32.8. The fourth-order valence-electron chi connectivity index (χ4n) is 13.6. The van der Waals surface area contributed by atoms with Crippen LogP contribution in [0.1, 0.15) is 134 Å². The highest BCUT2D eigenvalue weighted by Crippen LogP contribution is 2.47. The Morgan fingerprint density at radius 2 is 1.60 bits per heavy atom. The molecule has 3 aliphatic heterocycles. The van der Waals surface area contributed by atoms with Crippen molar-refractivity contribution in [3.05, 3.63) is 85.2 Å². The monoisotopic (exact) mass is 1680 g/mol. The van der Waals surface area contributed by atoms with Crippen LogP contribution in [0.3, 0.4) is 0 Å². The van der Waals surface area contributed by atoms with Crippen LogP contribution >= 0.6 is 55.9 Å². The van der Waals surface area contributed by atoms with Gasteiger partial charge in [0, 0.05) is 75.0 Å². The molecule has 0 spiro atoms. The van der Waals surface area contributed by atoms with E-state index in [0.717, 1.165) is 17.3 Å². The number of methoxy groups -OCH3 is 3. The Balaban J connectivity index is 1.02. The van der Waals surface area contributed by atoms with Gasteiger partial charge in [0.05, 0.1) is 107 Å². The summed E-state index contributed by atoms with van der Waals surface area (Å²) in [6.07, 6.45) is -12.0. The Hall–Kier alpha value is -5.59. The number of nitrogens with zero attached hydrogens (tertiary/aromatic N) is 2. The number of hydrogen-bond donors (Lipinski definition) is 10. The second-order valence-corrected chi connectivity index (χ2v) is 33.0. The Morgan fingerprint density at radius 1 is 0.880 bits per heavy atom. The number of carbonyl (C=O) groups is 6. The fourth-order valence-corrected chi connectivity index (χ4v) is 17.8. The number of ketones is 2. The van der Waals surface area contributed by atoms with Crippen LogP contribution in [0.4, 0.5) is 0 Å². The number of thioether (sulfide) groups is 1. The van der Waals surface area contributed by atoms with E-state index in [1.807, 2.05) is 55.5 Å². The highest BCUT2D eigenvalue weighted by atomic mass is 127. The SMILES string of the molecule is CCN(C(C)=O)[C@H]1CO[C@@H](OC2[C@H](O[C@H]3C#CC=CC#CC4(O)CC(=O)C(NC(=O)CO)=C3C4=CCSSC(C)(C)CC(=O)NN=C(C)c3ccc(OCCCC(C)=O)cc3)OC(C)[C@@H](NO[C@H]3C[C@@H](O)[C@H](SC(=O)c4c(C)c(I)c(O[C@@H]5CC(C)[C@H](O)[C@H](OC)C5O)c(CO)c4OC)C(C)O3)[C@H]2O)C[C@H]1OC. The summed E-state index contributed by atoms with van der Waals surface area (Å²) < 4.78 is 61.9. The van der Waals surface area contributed by atoms with Crippen LogP contribution in [0.5, 0.6) is 17.2 Å². The number of rotatable bonds is 32. The number of allylic oxidation sites excluding steroid dienone is 3. The summed E-state index contributed by atoms with van der Waals surface area (Å²) in [6.45, 7) is 16.0. The number of nitrogens with one attached hydrogen (secondary N) is 3. The van der Waals surface area contributed by atoms with Crippen molar-refractivity contribution in [2.75, 3.05) is 53.4 Å². The third-order valence-electron chi connectivity index (χ3n) is 19.3. The van der Waals surface area contributed by atoms with E-state index in [-0.39, 0.29) is 101 Å². The van der Waals surface area contributed by atoms with Crippen molar-refractivity contribution in [2.45, 2.75) is 234 Å². The summed E-state index contributed by atoms with van der Waals surface area (Å²) in [5.41, 5.74) is 4.67. The van der Waals surface area contributed by atoms with Crippen molar-refractivity contribution in [3.63, 3.8) is 0 Å². The molecule has 2 aromatic rings. The number of ether oxygens (including phenoxy) is 10. The molecule has 0 aromatic heterocycles. The van der Waals surface area contributed by atoms with E-state index < -0.39 is 150 Å². The number of aliphatic hydroxyl groups excluding tert-OH is 6. The van der Waals surface area contributed by atoms with Crippen LogP contribution < -0.4 is 30.4 Å². The molecule has 2 bridgehead atoms. The van der Waals surface area contributed by atoms with Gasteiger partial charge in [-0.1, -0.05) is 70.0 Å². The van der Waals surface area contributed by atoms with E-state index in [0.29, 0.717) is 46.6 Å². The molecule has 33 heteroatoms. The van der Waals surface area contributed by atoms with Crippen molar-refractivity contribution in [1.29, 1.82) is 0 Å². The van der Waals surface area contributed by atoms with Gasteiger partial charge in [-0.2, -0.15) is 10.6 Å². The summed E-state index contributed by atoms with van der Waals surface area (Å²) in [6, 6.07) is 5.44. The maximum atomic E-state index is 14.6. The van der Waals surface area contributed by atoms with Crippen molar-refractivity contribution in [3.8, 4) is 40.9 Å². The highest BCUT2D eigenvalue weighted by molar-refractivity contribution is 14.1. The molecule has 594 valence electrons. The first-order chi connectivity index (χ1) is 51.3. The number of hydrazone groups is 1. The van der Waals surface area contributed by atoms with Crippen LogP contribution in [-0.2, 0) is 68.6 Å². The van der Waals surface area contributed by atoms with Gasteiger partial charge in [0.15, 0.2) is 30.3 Å². The third kappa shape index (κ3) is 22.0. The Labute approximate surface area is 654 Å². The summed E-state index contributed by atoms with van der Waals surface area (Å²) in [5.74, 6) is 9.74. The second-order valence-electron chi connectivity index (χ2n) is 27.7. The average Bonchev–Trinajstić information content (AvgIpc) is 0.755. The number of amides is 3. The fraction of sp³-hybridized carbons (Fsp3) is 0.613. The molecule has 3 aliphatic carbocycles. The number of fused-ring (bicyclic) bond motifs is 2. The standard InChI is InChI=1S/C75H100IN5O24S3/c1-14-81(44(8)85)49-37-99-57(32-53(49)95-11)104-70-66(92)62(80-105-58-31-50(86)71(43(7)100-58)107-72(93)59-40(4)61(76)68(47(35-82)67(59)96-12)102-54-30-38(2)64(90)69(97-13)65(54)91)42(6)101-73(70)103-52-21-17-15-16-18-27-75(94)33-51(87)63(77-56(89)36-83)60(52)48(75)26-29-106-108-74(9,10)34-55(88)79-78-41(5)45-22-24-46(25-23-45)98-28-19-20-39(3)84/h15-16,22-26,38,42-43,49-50,52-54,57-58,62,64-66,69-71,73,80,82-83,86,90-92,94H,14,19-20,28-37H2,1-13H3,(H,77,89)(H,79,88)/t38?,42?,43?,49-,50+,52-,53+,54+,57-,58-,62+,64-,65?,66+,69-,70?,71+,73-,75?/m0/s1. The molecule has 3 saturated heterocycles. The van der Waals surface area contributed by atoms with Crippen molar-refractivity contribution < 1.29 is 117 Å². The Bertz CT molecular complexity index is 3790. The third-order valence-corrected chi connectivity index (χ3v) is 25.1. The van der Waals surface area contributed by atoms with Gasteiger partial charge >= 0.3 is 0 Å². The molecule has 2 aromatic carbocycles. The minimum Gasteiger partial charge on any atom is -0.495 e.